The molecule has 1 unspecified atom stereocenters. The molecule has 160 valence electrons. The Balaban J connectivity index is 1.52. The highest BCUT2D eigenvalue weighted by Gasteiger charge is 2.45. The average Bonchev–Trinajstić information content (AvgIpc) is 2.75. The summed E-state index contributed by atoms with van der Waals surface area (Å²) in [6, 6.07) is 8.24. The molecule has 1 atom stereocenters. The second-order valence-electron chi connectivity index (χ2n) is 8.09. The van der Waals surface area contributed by atoms with Crippen LogP contribution in [0, 0.1) is 0 Å². The predicted octanol–water partition coefficient (Wildman–Crippen LogP) is 1.52. The smallest absolute Gasteiger partial charge is 0.225 e. The predicted molar refractivity (Wildman–Crippen MR) is 109 cm³/mol. The van der Waals surface area contributed by atoms with Gasteiger partial charge in [0, 0.05) is 26.2 Å². The van der Waals surface area contributed by atoms with Gasteiger partial charge in [0.05, 0.1) is 37.1 Å². The third kappa shape index (κ3) is 4.21. The van der Waals surface area contributed by atoms with E-state index in [1.54, 1.807) is 11.2 Å². The number of nitrogens with zero attached hydrogens (tertiary/aromatic N) is 2. The first-order chi connectivity index (χ1) is 13.9. The van der Waals surface area contributed by atoms with Crippen LogP contribution in [0.15, 0.2) is 24.3 Å². The summed E-state index contributed by atoms with van der Waals surface area (Å²) >= 11 is 0. The van der Waals surface area contributed by atoms with Gasteiger partial charge in [-0.15, -0.1) is 0 Å². The number of sulfonamides is 1. The zero-order chi connectivity index (χ0) is 20.5. The zero-order valence-electron chi connectivity index (χ0n) is 17.0. The highest BCUT2D eigenvalue weighted by atomic mass is 32.2. The third-order valence-electron chi connectivity index (χ3n) is 6.40. The summed E-state index contributed by atoms with van der Waals surface area (Å²) in [6.45, 7) is 5.04. The van der Waals surface area contributed by atoms with E-state index in [-0.39, 0.29) is 17.8 Å². The number of fused-ring (bicyclic) bond motifs is 2. The molecule has 0 radical (unpaired) electrons. The largest absolute Gasteiger partial charge is 0.378 e. The van der Waals surface area contributed by atoms with Gasteiger partial charge >= 0.3 is 0 Å². The van der Waals surface area contributed by atoms with Gasteiger partial charge < -0.3 is 14.4 Å². The summed E-state index contributed by atoms with van der Waals surface area (Å²) in [5, 5.41) is 0. The molecule has 1 aromatic rings. The van der Waals surface area contributed by atoms with Gasteiger partial charge in [-0.25, -0.2) is 12.7 Å². The normalized spacial score (nSPS) is 25.0. The van der Waals surface area contributed by atoms with Crippen LogP contribution < -0.4 is 0 Å². The van der Waals surface area contributed by atoms with Crippen molar-refractivity contribution >= 4 is 15.9 Å². The molecule has 4 rings (SSSR count). The molecule has 0 aliphatic carbocycles. The summed E-state index contributed by atoms with van der Waals surface area (Å²) in [4.78, 5) is 14.6. The number of carbonyl (C=O) groups excluding carboxylic acids is 1. The minimum atomic E-state index is -3.20. The molecule has 2 saturated heterocycles. The number of morpholine rings is 1. The lowest BCUT2D eigenvalue weighted by Crippen LogP contribution is -2.51. The molecule has 7 nitrogen and oxygen atoms in total. The van der Waals surface area contributed by atoms with Crippen LogP contribution in [0.4, 0.5) is 0 Å². The molecule has 3 aliphatic heterocycles. The molecule has 3 aliphatic rings. The number of hydrogen-bond acceptors (Lipinski definition) is 5. The van der Waals surface area contributed by atoms with Crippen molar-refractivity contribution in [1.82, 2.24) is 9.21 Å². The molecule has 0 bridgehead atoms. The van der Waals surface area contributed by atoms with Gasteiger partial charge in [0.1, 0.15) is 0 Å². The number of ether oxygens (including phenoxy) is 2. The quantitative estimate of drug-likeness (QED) is 0.735. The Labute approximate surface area is 173 Å². The minimum Gasteiger partial charge on any atom is -0.378 e. The lowest BCUT2D eigenvalue weighted by atomic mass is 9.78. The first-order valence-electron chi connectivity index (χ1n) is 10.5. The number of carbonyl (C=O) groups is 1. The highest BCUT2D eigenvalue weighted by molar-refractivity contribution is 7.89. The molecular weight excluding hydrogens is 392 g/mol. The summed E-state index contributed by atoms with van der Waals surface area (Å²) in [5.74, 6) is 0.229. The van der Waals surface area contributed by atoms with E-state index in [0.717, 1.165) is 5.56 Å². The van der Waals surface area contributed by atoms with Crippen LogP contribution in [0.3, 0.4) is 0 Å². The molecular formula is C21H30N2O5S. The maximum absolute atomic E-state index is 12.8. The number of rotatable bonds is 4. The van der Waals surface area contributed by atoms with Crippen LogP contribution in [0.2, 0.25) is 0 Å². The van der Waals surface area contributed by atoms with Gasteiger partial charge in [0.15, 0.2) is 0 Å². The van der Waals surface area contributed by atoms with Crippen LogP contribution in [0.5, 0.6) is 0 Å². The molecule has 8 heteroatoms. The first kappa shape index (κ1) is 20.8. The van der Waals surface area contributed by atoms with E-state index in [2.05, 4.69) is 12.1 Å². The van der Waals surface area contributed by atoms with Crippen molar-refractivity contribution in [2.75, 3.05) is 45.1 Å². The van der Waals surface area contributed by atoms with Crippen LogP contribution in [0.25, 0.3) is 0 Å². The number of piperidine rings is 1. The Hall–Kier alpha value is -1.48. The fourth-order valence-corrected chi connectivity index (χ4v) is 5.86. The van der Waals surface area contributed by atoms with E-state index in [0.29, 0.717) is 65.1 Å². The van der Waals surface area contributed by atoms with Gasteiger partial charge in [0.25, 0.3) is 0 Å². The monoisotopic (exact) mass is 422 g/mol. The summed E-state index contributed by atoms with van der Waals surface area (Å²) in [7, 11) is -3.20. The average molecular weight is 423 g/mol. The first-order valence-corrected chi connectivity index (χ1v) is 12.1. The van der Waals surface area contributed by atoms with Gasteiger partial charge in [-0.05, 0) is 37.3 Å². The second kappa shape index (κ2) is 8.34. The van der Waals surface area contributed by atoms with Gasteiger partial charge in [-0.3, -0.25) is 4.79 Å². The van der Waals surface area contributed by atoms with E-state index in [1.807, 2.05) is 17.0 Å². The topological polar surface area (TPSA) is 76.2 Å². The lowest BCUT2D eigenvalue weighted by Gasteiger charge is -2.47. The molecule has 3 heterocycles. The summed E-state index contributed by atoms with van der Waals surface area (Å²) < 4.78 is 38.1. The van der Waals surface area contributed by atoms with Crippen molar-refractivity contribution in [3.05, 3.63) is 35.4 Å². The van der Waals surface area contributed by atoms with Gasteiger partial charge in [-0.1, -0.05) is 24.3 Å². The van der Waals surface area contributed by atoms with Crippen molar-refractivity contribution in [3.8, 4) is 0 Å². The van der Waals surface area contributed by atoms with E-state index in [4.69, 9.17) is 9.47 Å². The van der Waals surface area contributed by atoms with Crippen LogP contribution >= 0.6 is 0 Å². The SMILES string of the molecule is CCS(=O)(=O)N1CCC2(CC1)OC(CC(=O)N1CCOCC1)Cc1ccccc12. The van der Waals surface area contributed by atoms with Gasteiger partial charge in [0.2, 0.25) is 15.9 Å². The highest BCUT2D eigenvalue weighted by Crippen LogP contribution is 2.44. The van der Waals surface area contributed by atoms with Crippen molar-refractivity contribution in [3.63, 3.8) is 0 Å². The Morgan fingerprint density at radius 1 is 1.14 bits per heavy atom. The molecule has 29 heavy (non-hydrogen) atoms. The summed E-state index contributed by atoms with van der Waals surface area (Å²) in [6.07, 6.45) is 2.12. The summed E-state index contributed by atoms with van der Waals surface area (Å²) in [5.41, 5.74) is 1.86. The number of benzene rings is 1. The third-order valence-corrected chi connectivity index (χ3v) is 8.28. The minimum absolute atomic E-state index is 0.110. The maximum Gasteiger partial charge on any atom is 0.225 e. The van der Waals surface area contributed by atoms with Crippen molar-refractivity contribution in [1.29, 1.82) is 0 Å². The molecule has 1 amide bonds. The molecule has 1 aromatic carbocycles. The van der Waals surface area contributed by atoms with Crippen LogP contribution in [-0.2, 0) is 36.3 Å². The van der Waals surface area contributed by atoms with Crippen LogP contribution in [-0.4, -0.2) is 74.8 Å². The zero-order valence-corrected chi connectivity index (χ0v) is 17.8. The Morgan fingerprint density at radius 2 is 1.83 bits per heavy atom. The Morgan fingerprint density at radius 3 is 2.52 bits per heavy atom. The van der Waals surface area contributed by atoms with E-state index >= 15 is 0 Å². The fraction of sp³-hybridized carbons (Fsp3) is 0.667. The molecule has 1 spiro atoms. The maximum atomic E-state index is 12.8. The molecule has 0 N–H and O–H groups in total. The lowest BCUT2D eigenvalue weighted by molar-refractivity contribution is -0.154. The molecule has 0 aromatic heterocycles. The van der Waals surface area contributed by atoms with Crippen molar-refractivity contribution < 1.29 is 22.7 Å². The van der Waals surface area contributed by atoms with E-state index in [1.165, 1.54) is 5.56 Å². The fourth-order valence-electron chi connectivity index (χ4n) is 4.76. The van der Waals surface area contributed by atoms with Crippen molar-refractivity contribution in [2.24, 2.45) is 0 Å². The van der Waals surface area contributed by atoms with E-state index < -0.39 is 15.6 Å². The van der Waals surface area contributed by atoms with Gasteiger partial charge in [-0.2, -0.15) is 0 Å². The number of hydrogen-bond donors (Lipinski definition) is 0. The van der Waals surface area contributed by atoms with Crippen molar-refractivity contribution in [2.45, 2.75) is 44.3 Å². The standard InChI is InChI=1S/C21H30N2O5S/c1-2-29(25,26)23-9-7-21(8-10-23)19-6-4-3-5-17(19)15-18(28-21)16-20(24)22-11-13-27-14-12-22/h3-6,18H,2,7-16H2,1H3. The molecule has 0 saturated carbocycles. The Bertz CT molecular complexity index is 842. The van der Waals surface area contributed by atoms with E-state index in [9.17, 15) is 13.2 Å². The Kier molecular flexibility index (Phi) is 5.97. The van der Waals surface area contributed by atoms with Crippen LogP contribution in [0.1, 0.15) is 37.3 Å². The number of amides is 1. The molecule has 2 fully saturated rings. The second-order valence-corrected chi connectivity index (χ2v) is 10.3.